The van der Waals surface area contributed by atoms with E-state index in [2.05, 4.69) is 30.3 Å². The molecule has 2 rings (SSSR count). The second-order valence-corrected chi connectivity index (χ2v) is 4.95. The van der Waals surface area contributed by atoms with Crippen molar-refractivity contribution >= 4 is 0 Å². The Kier molecular flexibility index (Phi) is 5.35. The van der Waals surface area contributed by atoms with Crippen molar-refractivity contribution in [3.05, 3.63) is 48.3 Å². The van der Waals surface area contributed by atoms with Crippen LogP contribution in [0.25, 0.3) is 0 Å². The molecule has 2 aromatic rings. The third kappa shape index (κ3) is 4.33. The van der Waals surface area contributed by atoms with Crippen LogP contribution in [0, 0.1) is 11.3 Å². The maximum Gasteiger partial charge on any atom is 0.119 e. The summed E-state index contributed by atoms with van der Waals surface area (Å²) in [6.45, 7) is 5.61. The summed E-state index contributed by atoms with van der Waals surface area (Å²) >= 11 is 0. The Morgan fingerprint density at radius 1 is 1.33 bits per heavy atom. The molecule has 0 unspecified atom stereocenters. The van der Waals surface area contributed by atoms with Crippen LogP contribution in [0.3, 0.4) is 0 Å². The molecule has 0 saturated heterocycles. The quantitative estimate of drug-likeness (QED) is 0.793. The molecule has 0 radical (unpaired) electrons. The van der Waals surface area contributed by atoms with Gasteiger partial charge in [0.05, 0.1) is 17.7 Å². The van der Waals surface area contributed by atoms with Crippen LogP contribution in [-0.4, -0.2) is 29.0 Å². The summed E-state index contributed by atoms with van der Waals surface area (Å²) in [5, 5.41) is 16.4. The van der Waals surface area contributed by atoms with Gasteiger partial charge in [0.1, 0.15) is 12.4 Å². The van der Waals surface area contributed by atoms with E-state index < -0.39 is 0 Å². The minimum atomic E-state index is 0.287. The van der Waals surface area contributed by atoms with Gasteiger partial charge in [-0.25, -0.2) is 0 Å². The standard InChI is InChI=1S/C16H20N4O/c1-13(14(2)20-10-3-8-19-20)18-9-11-21-16-6-4-15(12-17)5-7-16/h3-8,10,13-14,18H,9,11H2,1-2H3/t13-,14-/m1/s1. The molecule has 0 spiro atoms. The van der Waals surface area contributed by atoms with Crippen LogP contribution < -0.4 is 10.1 Å². The lowest BCUT2D eigenvalue weighted by Crippen LogP contribution is -2.36. The molecular formula is C16H20N4O. The molecule has 0 fully saturated rings. The second kappa shape index (κ2) is 7.46. The normalized spacial score (nSPS) is 13.4. The average Bonchev–Trinajstić information content (AvgIpc) is 3.05. The molecule has 1 heterocycles. The average molecular weight is 284 g/mol. The van der Waals surface area contributed by atoms with E-state index in [9.17, 15) is 0 Å². The topological polar surface area (TPSA) is 62.9 Å². The number of aromatic nitrogens is 2. The van der Waals surface area contributed by atoms with E-state index in [1.54, 1.807) is 18.3 Å². The van der Waals surface area contributed by atoms with E-state index in [0.717, 1.165) is 12.3 Å². The van der Waals surface area contributed by atoms with E-state index >= 15 is 0 Å². The molecule has 110 valence electrons. The summed E-state index contributed by atoms with van der Waals surface area (Å²) in [5.41, 5.74) is 0.641. The first-order valence-electron chi connectivity index (χ1n) is 7.06. The summed E-state index contributed by atoms with van der Waals surface area (Å²) in [6.07, 6.45) is 3.76. The zero-order chi connectivity index (χ0) is 15.1. The van der Waals surface area contributed by atoms with Gasteiger partial charge >= 0.3 is 0 Å². The highest BCUT2D eigenvalue weighted by atomic mass is 16.5. The Morgan fingerprint density at radius 2 is 2.10 bits per heavy atom. The van der Waals surface area contributed by atoms with E-state index in [4.69, 9.17) is 10.00 Å². The molecule has 5 heteroatoms. The van der Waals surface area contributed by atoms with E-state index in [-0.39, 0.29) is 6.04 Å². The van der Waals surface area contributed by atoms with Crippen LogP contribution in [0.1, 0.15) is 25.5 Å². The minimum absolute atomic E-state index is 0.287. The molecule has 0 aliphatic carbocycles. The van der Waals surface area contributed by atoms with Crippen molar-refractivity contribution in [2.24, 2.45) is 0 Å². The molecule has 0 bridgehead atoms. The van der Waals surface area contributed by atoms with Crippen molar-refractivity contribution in [1.82, 2.24) is 15.1 Å². The van der Waals surface area contributed by atoms with Crippen LogP contribution in [0.5, 0.6) is 5.75 Å². The molecule has 1 N–H and O–H groups in total. The van der Waals surface area contributed by atoms with Crippen LogP contribution in [0.2, 0.25) is 0 Å². The van der Waals surface area contributed by atoms with Crippen molar-refractivity contribution in [3.63, 3.8) is 0 Å². The van der Waals surface area contributed by atoms with Gasteiger partial charge < -0.3 is 10.1 Å². The lowest BCUT2D eigenvalue weighted by Gasteiger charge is -2.21. The van der Waals surface area contributed by atoms with Gasteiger partial charge in [-0.1, -0.05) is 0 Å². The summed E-state index contributed by atoms with van der Waals surface area (Å²) < 4.78 is 7.58. The number of nitrogens with zero attached hydrogens (tertiary/aromatic N) is 3. The molecule has 0 aliphatic rings. The van der Waals surface area contributed by atoms with Crippen molar-refractivity contribution in [3.8, 4) is 11.8 Å². The fourth-order valence-corrected chi connectivity index (χ4v) is 2.00. The number of rotatable bonds is 7. The lowest BCUT2D eigenvalue weighted by atomic mass is 10.2. The summed E-state index contributed by atoms with van der Waals surface area (Å²) in [7, 11) is 0. The Bertz CT molecular complexity index is 571. The van der Waals surface area contributed by atoms with Crippen LogP contribution in [0.4, 0.5) is 0 Å². The number of hydrogen-bond donors (Lipinski definition) is 1. The van der Waals surface area contributed by atoms with Crippen LogP contribution in [0.15, 0.2) is 42.7 Å². The van der Waals surface area contributed by atoms with Gasteiger partial charge in [0.25, 0.3) is 0 Å². The molecule has 5 nitrogen and oxygen atoms in total. The fraction of sp³-hybridized carbons (Fsp3) is 0.375. The van der Waals surface area contributed by atoms with Crippen LogP contribution >= 0.6 is 0 Å². The highest BCUT2D eigenvalue weighted by molar-refractivity contribution is 5.34. The number of ether oxygens (including phenoxy) is 1. The smallest absolute Gasteiger partial charge is 0.119 e. The van der Waals surface area contributed by atoms with Gasteiger partial charge in [-0.2, -0.15) is 10.4 Å². The van der Waals surface area contributed by atoms with E-state index in [1.807, 2.05) is 29.1 Å². The third-order valence-corrected chi connectivity index (χ3v) is 3.49. The van der Waals surface area contributed by atoms with E-state index in [0.29, 0.717) is 18.2 Å². The number of benzene rings is 1. The largest absolute Gasteiger partial charge is 0.492 e. The van der Waals surface area contributed by atoms with Crippen molar-refractivity contribution in [2.75, 3.05) is 13.2 Å². The first-order valence-corrected chi connectivity index (χ1v) is 7.06. The molecule has 0 aliphatic heterocycles. The second-order valence-electron chi connectivity index (χ2n) is 4.95. The Morgan fingerprint density at radius 3 is 2.71 bits per heavy atom. The Labute approximate surface area is 125 Å². The highest BCUT2D eigenvalue weighted by Gasteiger charge is 2.12. The Hall–Kier alpha value is -2.32. The monoisotopic (exact) mass is 284 g/mol. The van der Waals surface area contributed by atoms with Gasteiger partial charge in [-0.05, 0) is 44.2 Å². The third-order valence-electron chi connectivity index (χ3n) is 3.49. The van der Waals surface area contributed by atoms with Crippen molar-refractivity contribution in [1.29, 1.82) is 5.26 Å². The molecule has 1 aromatic heterocycles. The number of nitriles is 1. The van der Waals surface area contributed by atoms with Crippen LogP contribution in [-0.2, 0) is 0 Å². The lowest BCUT2D eigenvalue weighted by molar-refractivity contribution is 0.289. The maximum absolute atomic E-state index is 8.73. The molecule has 0 amide bonds. The Balaban J connectivity index is 1.70. The van der Waals surface area contributed by atoms with Gasteiger partial charge in [-0.15, -0.1) is 0 Å². The SMILES string of the molecule is C[C@H]([C@@H](C)NCCOc1ccc(C#N)cc1)n1cccn1. The molecule has 0 saturated carbocycles. The summed E-state index contributed by atoms with van der Waals surface area (Å²) in [6, 6.07) is 11.7. The predicted molar refractivity (Wildman–Crippen MR) is 81.1 cm³/mol. The maximum atomic E-state index is 8.73. The molecule has 1 aromatic carbocycles. The highest BCUT2D eigenvalue weighted by Crippen LogP contribution is 2.11. The van der Waals surface area contributed by atoms with Crippen molar-refractivity contribution in [2.45, 2.75) is 25.9 Å². The zero-order valence-electron chi connectivity index (χ0n) is 12.4. The molecule has 21 heavy (non-hydrogen) atoms. The summed E-state index contributed by atoms with van der Waals surface area (Å²) in [4.78, 5) is 0. The molecule has 2 atom stereocenters. The van der Waals surface area contributed by atoms with Gasteiger partial charge in [0.2, 0.25) is 0 Å². The first kappa shape index (κ1) is 15.1. The minimum Gasteiger partial charge on any atom is -0.492 e. The van der Waals surface area contributed by atoms with Gasteiger partial charge in [-0.3, -0.25) is 4.68 Å². The first-order chi connectivity index (χ1) is 10.2. The zero-order valence-corrected chi connectivity index (χ0v) is 12.4. The molecular weight excluding hydrogens is 264 g/mol. The summed E-state index contributed by atoms with van der Waals surface area (Å²) in [5.74, 6) is 0.781. The van der Waals surface area contributed by atoms with Gasteiger partial charge in [0.15, 0.2) is 0 Å². The predicted octanol–water partition coefficient (Wildman–Crippen LogP) is 2.37. The number of hydrogen-bond acceptors (Lipinski definition) is 4. The number of nitrogens with one attached hydrogen (secondary N) is 1. The fourth-order valence-electron chi connectivity index (χ4n) is 2.00. The van der Waals surface area contributed by atoms with E-state index in [1.165, 1.54) is 0 Å². The van der Waals surface area contributed by atoms with Crippen molar-refractivity contribution < 1.29 is 4.74 Å². The van der Waals surface area contributed by atoms with Gasteiger partial charge in [0, 0.05) is 25.0 Å².